The van der Waals surface area contributed by atoms with Crippen LogP contribution in [0.1, 0.15) is 21.5 Å². The highest BCUT2D eigenvalue weighted by atomic mass is 16.5. The molecule has 0 aliphatic carbocycles. The summed E-state index contributed by atoms with van der Waals surface area (Å²) < 4.78 is 16.1. The number of ether oxygens (including phenoxy) is 3. The standard InChI is InChI=1S/C26H27N3O5/c1-32-22-14-13-19(24(33-2)25(22)34-3)16-28-23(30)15-10-17-8-11-18(12-9-17)26(31)29-21-7-5-4-6-20(21)27/h4-15H,16,27H2,1-3H3,(H,28,30)(H,29,31)/b15-10+. The quantitative estimate of drug-likeness (QED) is 0.329. The van der Waals surface area contributed by atoms with E-state index >= 15 is 0 Å². The topological polar surface area (TPSA) is 112 Å². The SMILES string of the molecule is COc1ccc(CNC(=O)/C=C/c2ccc(C(=O)Nc3ccccc3N)cc2)c(OC)c1OC. The molecule has 8 nitrogen and oxygen atoms in total. The fourth-order valence-corrected chi connectivity index (χ4v) is 3.27. The third-order valence-corrected chi connectivity index (χ3v) is 5.05. The average molecular weight is 462 g/mol. The maximum atomic E-state index is 12.4. The number of rotatable bonds is 9. The Morgan fingerprint density at radius 2 is 1.59 bits per heavy atom. The third-order valence-electron chi connectivity index (χ3n) is 5.05. The van der Waals surface area contributed by atoms with Crippen LogP contribution in [-0.4, -0.2) is 33.1 Å². The second-order valence-corrected chi connectivity index (χ2v) is 7.21. The minimum atomic E-state index is -0.279. The zero-order valence-electron chi connectivity index (χ0n) is 19.3. The van der Waals surface area contributed by atoms with Crippen LogP contribution < -0.4 is 30.6 Å². The molecule has 2 amide bonds. The number of hydrogen-bond donors (Lipinski definition) is 3. The van der Waals surface area contributed by atoms with Crippen LogP contribution in [0.2, 0.25) is 0 Å². The Labute approximate surface area is 198 Å². The predicted octanol–water partition coefficient (Wildman–Crippen LogP) is 3.88. The molecule has 3 aromatic carbocycles. The molecule has 176 valence electrons. The molecule has 0 saturated carbocycles. The number of amides is 2. The first-order chi connectivity index (χ1) is 16.5. The number of nitrogen functional groups attached to an aromatic ring is 1. The zero-order valence-corrected chi connectivity index (χ0v) is 19.3. The van der Waals surface area contributed by atoms with Crippen molar-refractivity contribution in [1.29, 1.82) is 0 Å². The number of benzene rings is 3. The van der Waals surface area contributed by atoms with Crippen molar-refractivity contribution >= 4 is 29.3 Å². The fourth-order valence-electron chi connectivity index (χ4n) is 3.27. The maximum absolute atomic E-state index is 12.4. The van der Waals surface area contributed by atoms with E-state index < -0.39 is 0 Å². The van der Waals surface area contributed by atoms with Crippen molar-refractivity contribution in [2.45, 2.75) is 6.54 Å². The summed E-state index contributed by atoms with van der Waals surface area (Å²) >= 11 is 0. The molecular weight excluding hydrogens is 434 g/mol. The molecule has 3 aromatic rings. The van der Waals surface area contributed by atoms with Crippen LogP contribution in [0.3, 0.4) is 0 Å². The Morgan fingerprint density at radius 3 is 2.24 bits per heavy atom. The molecule has 4 N–H and O–H groups in total. The van der Waals surface area contributed by atoms with Gasteiger partial charge in [-0.15, -0.1) is 0 Å². The van der Waals surface area contributed by atoms with E-state index in [1.165, 1.54) is 20.3 Å². The molecule has 0 unspecified atom stereocenters. The van der Waals surface area contributed by atoms with E-state index in [4.69, 9.17) is 19.9 Å². The fraction of sp³-hybridized carbons (Fsp3) is 0.154. The Kier molecular flexibility index (Phi) is 8.12. The Hall–Kier alpha value is -4.46. The van der Waals surface area contributed by atoms with Crippen molar-refractivity contribution in [3.8, 4) is 17.2 Å². The van der Waals surface area contributed by atoms with Gasteiger partial charge in [-0.1, -0.05) is 24.3 Å². The van der Waals surface area contributed by atoms with Crippen LogP contribution >= 0.6 is 0 Å². The first kappa shape index (κ1) is 24.2. The number of nitrogens with two attached hydrogens (primary N) is 1. The molecule has 0 spiro atoms. The van der Waals surface area contributed by atoms with Crippen molar-refractivity contribution in [2.24, 2.45) is 0 Å². The number of nitrogens with one attached hydrogen (secondary N) is 2. The highest BCUT2D eigenvalue weighted by Crippen LogP contribution is 2.39. The number of carbonyl (C=O) groups is 2. The Morgan fingerprint density at radius 1 is 0.882 bits per heavy atom. The second-order valence-electron chi connectivity index (χ2n) is 7.21. The molecule has 0 saturated heterocycles. The van der Waals surface area contributed by atoms with Gasteiger partial charge in [-0.3, -0.25) is 9.59 Å². The Bertz CT molecular complexity index is 1190. The van der Waals surface area contributed by atoms with E-state index in [1.54, 1.807) is 73.8 Å². The van der Waals surface area contributed by atoms with Crippen molar-refractivity contribution in [3.63, 3.8) is 0 Å². The molecule has 0 aliphatic heterocycles. The van der Waals surface area contributed by atoms with Crippen LogP contribution in [0.15, 0.2) is 66.7 Å². The van der Waals surface area contributed by atoms with Crippen molar-refractivity contribution in [1.82, 2.24) is 5.32 Å². The van der Waals surface area contributed by atoms with Gasteiger partial charge in [0, 0.05) is 23.7 Å². The van der Waals surface area contributed by atoms with Gasteiger partial charge in [-0.05, 0) is 48.0 Å². The summed E-state index contributed by atoms with van der Waals surface area (Å²) in [6.07, 6.45) is 3.09. The number of anilines is 2. The lowest BCUT2D eigenvalue weighted by atomic mass is 10.1. The van der Waals surface area contributed by atoms with E-state index in [0.29, 0.717) is 34.2 Å². The molecule has 0 aliphatic rings. The number of para-hydroxylation sites is 2. The molecule has 34 heavy (non-hydrogen) atoms. The molecule has 0 bridgehead atoms. The average Bonchev–Trinajstić information content (AvgIpc) is 2.87. The monoisotopic (exact) mass is 461 g/mol. The Balaban J connectivity index is 1.59. The lowest BCUT2D eigenvalue weighted by Crippen LogP contribution is -2.20. The summed E-state index contributed by atoms with van der Waals surface area (Å²) in [6.45, 7) is 0.244. The maximum Gasteiger partial charge on any atom is 0.255 e. The molecule has 0 radical (unpaired) electrons. The van der Waals surface area contributed by atoms with Crippen LogP contribution in [0, 0.1) is 0 Å². The molecule has 0 fully saturated rings. The number of methoxy groups -OCH3 is 3. The van der Waals surface area contributed by atoms with Crippen LogP contribution in [-0.2, 0) is 11.3 Å². The highest BCUT2D eigenvalue weighted by Gasteiger charge is 2.16. The third kappa shape index (κ3) is 5.86. The second kappa shape index (κ2) is 11.4. The van der Waals surface area contributed by atoms with Crippen molar-refractivity contribution in [3.05, 3.63) is 83.4 Å². The number of hydrogen-bond acceptors (Lipinski definition) is 6. The minimum Gasteiger partial charge on any atom is -0.493 e. The van der Waals surface area contributed by atoms with Crippen LogP contribution in [0.4, 0.5) is 11.4 Å². The zero-order chi connectivity index (χ0) is 24.5. The van der Waals surface area contributed by atoms with Crippen LogP contribution in [0.5, 0.6) is 17.2 Å². The van der Waals surface area contributed by atoms with Gasteiger partial charge in [0.05, 0.1) is 32.7 Å². The first-order valence-electron chi connectivity index (χ1n) is 10.5. The summed E-state index contributed by atoms with van der Waals surface area (Å²) in [5.74, 6) is 0.954. The van der Waals surface area contributed by atoms with Gasteiger partial charge in [0.1, 0.15) is 0 Å². The summed E-state index contributed by atoms with van der Waals surface area (Å²) in [6, 6.07) is 17.5. The predicted molar refractivity (Wildman–Crippen MR) is 132 cm³/mol. The van der Waals surface area contributed by atoms with Gasteiger partial charge in [0.25, 0.3) is 5.91 Å². The van der Waals surface area contributed by atoms with E-state index in [2.05, 4.69) is 10.6 Å². The van der Waals surface area contributed by atoms with Gasteiger partial charge in [0.15, 0.2) is 11.5 Å². The summed E-state index contributed by atoms with van der Waals surface area (Å²) in [5, 5.41) is 5.60. The minimum absolute atomic E-state index is 0.244. The van der Waals surface area contributed by atoms with Gasteiger partial charge in [0.2, 0.25) is 11.7 Å². The molecule has 3 rings (SSSR count). The first-order valence-corrected chi connectivity index (χ1v) is 10.5. The normalized spacial score (nSPS) is 10.6. The molecule has 8 heteroatoms. The lowest BCUT2D eigenvalue weighted by molar-refractivity contribution is -0.116. The lowest BCUT2D eigenvalue weighted by Gasteiger charge is -2.15. The summed E-state index contributed by atoms with van der Waals surface area (Å²) in [5.41, 5.74) is 8.91. The number of carbonyl (C=O) groups excluding carboxylic acids is 2. The van der Waals surface area contributed by atoms with Crippen LogP contribution in [0.25, 0.3) is 6.08 Å². The van der Waals surface area contributed by atoms with Gasteiger partial charge in [-0.25, -0.2) is 0 Å². The largest absolute Gasteiger partial charge is 0.493 e. The van der Waals surface area contributed by atoms with Gasteiger partial charge < -0.3 is 30.6 Å². The van der Waals surface area contributed by atoms with Gasteiger partial charge in [-0.2, -0.15) is 0 Å². The molecule has 0 aromatic heterocycles. The molecule has 0 atom stereocenters. The van der Waals surface area contributed by atoms with E-state index in [0.717, 1.165) is 11.1 Å². The van der Waals surface area contributed by atoms with Crippen molar-refractivity contribution in [2.75, 3.05) is 32.4 Å². The molecular formula is C26H27N3O5. The van der Waals surface area contributed by atoms with E-state index in [1.807, 2.05) is 0 Å². The van der Waals surface area contributed by atoms with Crippen molar-refractivity contribution < 1.29 is 23.8 Å². The molecule has 0 heterocycles. The van der Waals surface area contributed by atoms with E-state index in [-0.39, 0.29) is 18.4 Å². The smallest absolute Gasteiger partial charge is 0.255 e. The summed E-state index contributed by atoms with van der Waals surface area (Å²) in [7, 11) is 4.60. The van der Waals surface area contributed by atoms with Gasteiger partial charge >= 0.3 is 0 Å². The summed E-state index contributed by atoms with van der Waals surface area (Å²) in [4.78, 5) is 24.7. The van der Waals surface area contributed by atoms with E-state index in [9.17, 15) is 9.59 Å². The highest BCUT2D eigenvalue weighted by molar-refractivity contribution is 6.05.